The normalized spacial score (nSPS) is 10.6. The number of amides is 1. The molecule has 22 heavy (non-hydrogen) atoms. The number of para-hydroxylation sites is 1. The zero-order valence-corrected chi connectivity index (χ0v) is 13.1. The molecule has 0 spiro atoms. The van der Waals surface area contributed by atoms with Crippen LogP contribution in [0.1, 0.15) is 42.1 Å². The lowest BCUT2D eigenvalue weighted by atomic mass is 10.0. The number of carbonyl (C=O) groups excluding carboxylic acids is 1. The summed E-state index contributed by atoms with van der Waals surface area (Å²) in [6.45, 7) is 6.18. The highest BCUT2D eigenvalue weighted by molar-refractivity contribution is 6.06. The van der Waals surface area contributed by atoms with E-state index in [0.29, 0.717) is 17.8 Å². The quantitative estimate of drug-likeness (QED) is 0.607. The summed E-state index contributed by atoms with van der Waals surface area (Å²) in [5, 5.41) is 3.58. The first-order valence-corrected chi connectivity index (χ1v) is 7.74. The second kappa shape index (κ2) is 7.59. The van der Waals surface area contributed by atoms with Crippen molar-refractivity contribution in [3.8, 4) is 0 Å². The van der Waals surface area contributed by atoms with Gasteiger partial charge in [-0.05, 0) is 18.4 Å². The first kappa shape index (κ1) is 16.0. The van der Waals surface area contributed by atoms with Gasteiger partial charge < -0.3 is 11.1 Å². The molecule has 4 heteroatoms. The molecule has 0 saturated heterocycles. The van der Waals surface area contributed by atoms with Gasteiger partial charge in [-0.3, -0.25) is 9.78 Å². The fraction of sp³-hybridized carbons (Fsp3) is 0.333. The van der Waals surface area contributed by atoms with Crippen molar-refractivity contribution in [1.82, 2.24) is 10.3 Å². The van der Waals surface area contributed by atoms with E-state index in [1.807, 2.05) is 12.1 Å². The highest BCUT2D eigenvalue weighted by Crippen LogP contribution is 2.26. The molecule has 3 N–H and O–H groups in total. The van der Waals surface area contributed by atoms with Crippen molar-refractivity contribution in [2.24, 2.45) is 0 Å². The third kappa shape index (κ3) is 3.45. The van der Waals surface area contributed by atoms with Crippen LogP contribution in [0.4, 0.5) is 5.69 Å². The van der Waals surface area contributed by atoms with Gasteiger partial charge in [-0.1, -0.05) is 44.0 Å². The summed E-state index contributed by atoms with van der Waals surface area (Å²) in [7, 11) is 0. The Morgan fingerprint density at radius 3 is 2.95 bits per heavy atom. The molecule has 0 bridgehead atoms. The van der Waals surface area contributed by atoms with Gasteiger partial charge in [0.15, 0.2) is 0 Å². The molecule has 2 rings (SSSR count). The number of aromatic nitrogens is 1. The van der Waals surface area contributed by atoms with E-state index in [1.165, 1.54) is 18.4 Å². The third-order valence-electron chi connectivity index (χ3n) is 3.72. The van der Waals surface area contributed by atoms with Gasteiger partial charge in [-0.15, -0.1) is 6.58 Å². The van der Waals surface area contributed by atoms with Gasteiger partial charge in [-0.2, -0.15) is 0 Å². The van der Waals surface area contributed by atoms with Gasteiger partial charge in [-0.25, -0.2) is 0 Å². The standard InChI is InChI=1S/C18H23N3O/c1-3-5-6-8-13-9-7-10-14-16(19)15(12-21-17(13)14)18(22)20-11-4-2/h4,7,9-10,12H,2-3,5-6,8,11H2,1H3,(H2,19,21)(H,20,22). The summed E-state index contributed by atoms with van der Waals surface area (Å²) in [6.07, 6.45) is 7.72. The molecule has 1 aromatic heterocycles. The molecule has 0 aliphatic carbocycles. The number of fused-ring (bicyclic) bond motifs is 1. The molecule has 4 nitrogen and oxygen atoms in total. The summed E-state index contributed by atoms with van der Waals surface area (Å²) >= 11 is 0. The van der Waals surface area contributed by atoms with Crippen LogP contribution in [0.15, 0.2) is 37.1 Å². The van der Waals surface area contributed by atoms with Crippen molar-refractivity contribution in [3.63, 3.8) is 0 Å². The van der Waals surface area contributed by atoms with Gasteiger partial charge in [0.1, 0.15) is 0 Å². The summed E-state index contributed by atoms with van der Waals surface area (Å²) in [5.41, 5.74) is 9.19. The number of hydrogen-bond donors (Lipinski definition) is 2. The summed E-state index contributed by atoms with van der Waals surface area (Å²) < 4.78 is 0. The highest BCUT2D eigenvalue weighted by Gasteiger charge is 2.14. The molecule has 0 fully saturated rings. The molecule has 1 aromatic carbocycles. The molecule has 0 aliphatic rings. The predicted molar refractivity (Wildman–Crippen MR) is 91.9 cm³/mol. The molecule has 1 amide bonds. The minimum absolute atomic E-state index is 0.219. The molecular formula is C18H23N3O. The molecule has 2 aromatic rings. The smallest absolute Gasteiger partial charge is 0.255 e. The van der Waals surface area contributed by atoms with Crippen LogP contribution in [0, 0.1) is 0 Å². The maximum absolute atomic E-state index is 12.1. The van der Waals surface area contributed by atoms with Crippen molar-refractivity contribution < 1.29 is 4.79 Å². The van der Waals surface area contributed by atoms with Crippen LogP contribution in [0.25, 0.3) is 10.9 Å². The number of aryl methyl sites for hydroxylation is 1. The van der Waals surface area contributed by atoms with Crippen molar-refractivity contribution in [2.75, 3.05) is 12.3 Å². The number of anilines is 1. The number of pyridine rings is 1. The van der Waals surface area contributed by atoms with Gasteiger partial charge >= 0.3 is 0 Å². The zero-order valence-electron chi connectivity index (χ0n) is 13.1. The second-order valence-corrected chi connectivity index (χ2v) is 5.35. The van der Waals surface area contributed by atoms with E-state index < -0.39 is 0 Å². The van der Waals surface area contributed by atoms with E-state index in [9.17, 15) is 4.79 Å². The Balaban J connectivity index is 2.35. The van der Waals surface area contributed by atoms with Gasteiger partial charge in [0.25, 0.3) is 5.91 Å². The average molecular weight is 297 g/mol. The van der Waals surface area contributed by atoms with Crippen LogP contribution in [-0.4, -0.2) is 17.4 Å². The number of nitrogens with two attached hydrogens (primary N) is 1. The Kier molecular flexibility index (Phi) is 5.53. The fourth-order valence-corrected chi connectivity index (χ4v) is 2.51. The lowest BCUT2D eigenvalue weighted by Gasteiger charge is -2.11. The monoisotopic (exact) mass is 297 g/mol. The molecule has 1 heterocycles. The fourth-order valence-electron chi connectivity index (χ4n) is 2.51. The molecule has 0 radical (unpaired) electrons. The molecule has 0 saturated carbocycles. The van der Waals surface area contributed by atoms with Crippen molar-refractivity contribution in [3.05, 3.63) is 48.2 Å². The molecule has 0 atom stereocenters. The minimum atomic E-state index is -0.219. The Morgan fingerprint density at radius 1 is 1.41 bits per heavy atom. The largest absolute Gasteiger partial charge is 0.397 e. The number of nitrogen functional groups attached to an aromatic ring is 1. The summed E-state index contributed by atoms with van der Waals surface area (Å²) in [6, 6.07) is 5.99. The zero-order chi connectivity index (χ0) is 15.9. The molecule has 0 unspecified atom stereocenters. The lowest BCUT2D eigenvalue weighted by molar-refractivity contribution is 0.0958. The number of nitrogens with one attached hydrogen (secondary N) is 1. The predicted octanol–water partition coefficient (Wildman–Crippen LogP) is 3.47. The number of nitrogens with zero attached hydrogens (tertiary/aromatic N) is 1. The van der Waals surface area contributed by atoms with E-state index in [0.717, 1.165) is 23.7 Å². The second-order valence-electron chi connectivity index (χ2n) is 5.35. The number of carbonyl (C=O) groups is 1. The number of benzene rings is 1. The number of unbranched alkanes of at least 4 members (excludes halogenated alkanes) is 2. The third-order valence-corrected chi connectivity index (χ3v) is 3.72. The summed E-state index contributed by atoms with van der Waals surface area (Å²) in [5.74, 6) is -0.219. The minimum Gasteiger partial charge on any atom is -0.397 e. The van der Waals surface area contributed by atoms with Gasteiger partial charge in [0.2, 0.25) is 0 Å². The summed E-state index contributed by atoms with van der Waals surface area (Å²) in [4.78, 5) is 16.6. The van der Waals surface area contributed by atoms with E-state index >= 15 is 0 Å². The SMILES string of the molecule is C=CCNC(=O)c1cnc2c(CCCCC)cccc2c1N. The lowest BCUT2D eigenvalue weighted by Crippen LogP contribution is -2.24. The number of hydrogen-bond acceptors (Lipinski definition) is 3. The Hall–Kier alpha value is -2.36. The molecular weight excluding hydrogens is 274 g/mol. The van der Waals surface area contributed by atoms with E-state index in [-0.39, 0.29) is 5.91 Å². The van der Waals surface area contributed by atoms with Crippen molar-refractivity contribution in [1.29, 1.82) is 0 Å². The van der Waals surface area contributed by atoms with Gasteiger partial charge in [0, 0.05) is 18.1 Å². The van der Waals surface area contributed by atoms with Gasteiger partial charge in [0.05, 0.1) is 16.8 Å². The van der Waals surface area contributed by atoms with Crippen LogP contribution >= 0.6 is 0 Å². The first-order chi connectivity index (χ1) is 10.7. The average Bonchev–Trinajstić information content (AvgIpc) is 2.53. The van der Waals surface area contributed by atoms with E-state index in [1.54, 1.807) is 12.3 Å². The van der Waals surface area contributed by atoms with Crippen LogP contribution < -0.4 is 11.1 Å². The van der Waals surface area contributed by atoms with Crippen LogP contribution in [-0.2, 0) is 6.42 Å². The highest BCUT2D eigenvalue weighted by atomic mass is 16.1. The first-order valence-electron chi connectivity index (χ1n) is 7.74. The Bertz CT molecular complexity index is 679. The van der Waals surface area contributed by atoms with E-state index in [2.05, 4.69) is 29.9 Å². The van der Waals surface area contributed by atoms with Crippen LogP contribution in [0.5, 0.6) is 0 Å². The maximum atomic E-state index is 12.1. The Morgan fingerprint density at radius 2 is 2.23 bits per heavy atom. The van der Waals surface area contributed by atoms with Crippen molar-refractivity contribution in [2.45, 2.75) is 32.6 Å². The molecule has 116 valence electrons. The van der Waals surface area contributed by atoms with Crippen LogP contribution in [0.3, 0.4) is 0 Å². The number of rotatable bonds is 7. The molecule has 0 aliphatic heterocycles. The van der Waals surface area contributed by atoms with Crippen molar-refractivity contribution >= 4 is 22.5 Å². The van der Waals surface area contributed by atoms with E-state index in [4.69, 9.17) is 5.73 Å². The topological polar surface area (TPSA) is 68.0 Å². The maximum Gasteiger partial charge on any atom is 0.255 e. The van der Waals surface area contributed by atoms with Crippen LogP contribution in [0.2, 0.25) is 0 Å². The Labute approximate surface area is 131 Å².